The second-order valence-electron chi connectivity index (χ2n) is 5.27. The summed E-state index contributed by atoms with van der Waals surface area (Å²) in [6.45, 7) is 4.64. The number of nitrogens with two attached hydrogens (primary N) is 2. The number of anilines is 1. The molecular weight excluding hydrogens is 264 g/mol. The van der Waals surface area contributed by atoms with Crippen LogP contribution >= 0.6 is 0 Å². The monoisotopic (exact) mass is 284 g/mol. The van der Waals surface area contributed by atoms with Crippen LogP contribution in [0.2, 0.25) is 0 Å². The van der Waals surface area contributed by atoms with Gasteiger partial charge >= 0.3 is 0 Å². The van der Waals surface area contributed by atoms with Crippen LogP contribution in [0.25, 0.3) is 0 Å². The second-order valence-corrected chi connectivity index (χ2v) is 5.27. The van der Waals surface area contributed by atoms with Crippen molar-refractivity contribution in [3.8, 4) is 5.75 Å². The van der Waals surface area contributed by atoms with Gasteiger partial charge in [0.05, 0.1) is 11.3 Å². The maximum atomic E-state index is 11.4. The zero-order valence-electron chi connectivity index (χ0n) is 12.3. The van der Waals surface area contributed by atoms with Crippen LogP contribution in [-0.4, -0.2) is 5.91 Å². The standard InChI is InChI=1S/C17H20N2O2/c1-11(2)13-8-6-12(7-9-13)10-21-16-14(17(19)20)4-3-5-15(16)18/h3-9,11H,10,18H2,1-2H3,(H2,19,20). The molecule has 4 N–H and O–H groups in total. The molecule has 0 radical (unpaired) electrons. The van der Waals surface area contributed by atoms with E-state index < -0.39 is 5.91 Å². The van der Waals surface area contributed by atoms with Gasteiger partial charge in [-0.05, 0) is 29.2 Å². The van der Waals surface area contributed by atoms with Gasteiger partial charge in [0, 0.05) is 0 Å². The van der Waals surface area contributed by atoms with Gasteiger partial charge in [0.15, 0.2) is 5.75 Å². The van der Waals surface area contributed by atoms with Crippen LogP contribution < -0.4 is 16.2 Å². The molecule has 0 aliphatic heterocycles. The third kappa shape index (κ3) is 3.54. The number of hydrogen-bond acceptors (Lipinski definition) is 3. The Labute approximate surface area is 124 Å². The Morgan fingerprint density at radius 2 is 1.81 bits per heavy atom. The van der Waals surface area contributed by atoms with E-state index in [1.165, 1.54) is 5.56 Å². The van der Waals surface area contributed by atoms with Gasteiger partial charge in [-0.3, -0.25) is 4.79 Å². The third-order valence-electron chi connectivity index (χ3n) is 3.34. The van der Waals surface area contributed by atoms with Crippen LogP contribution in [0.15, 0.2) is 42.5 Å². The molecule has 2 rings (SSSR count). The predicted octanol–water partition coefficient (Wildman–Crippen LogP) is 3.07. The molecule has 0 saturated heterocycles. The molecule has 0 heterocycles. The highest BCUT2D eigenvalue weighted by Gasteiger charge is 2.12. The molecule has 0 fully saturated rings. The Hall–Kier alpha value is -2.49. The van der Waals surface area contributed by atoms with Crippen molar-refractivity contribution >= 4 is 11.6 Å². The Bertz CT molecular complexity index is 634. The van der Waals surface area contributed by atoms with E-state index in [0.29, 0.717) is 29.5 Å². The van der Waals surface area contributed by atoms with E-state index in [0.717, 1.165) is 5.56 Å². The Morgan fingerprint density at radius 3 is 2.38 bits per heavy atom. The molecule has 2 aromatic rings. The molecule has 0 aliphatic carbocycles. The molecule has 0 saturated carbocycles. The first-order valence-electron chi connectivity index (χ1n) is 6.89. The largest absolute Gasteiger partial charge is 0.486 e. The molecule has 110 valence electrons. The zero-order chi connectivity index (χ0) is 15.4. The molecule has 21 heavy (non-hydrogen) atoms. The highest BCUT2D eigenvalue weighted by molar-refractivity contribution is 5.97. The molecule has 0 unspecified atom stereocenters. The Kier molecular flexibility index (Phi) is 4.48. The van der Waals surface area contributed by atoms with Crippen molar-refractivity contribution in [3.63, 3.8) is 0 Å². The third-order valence-corrected chi connectivity index (χ3v) is 3.34. The normalized spacial score (nSPS) is 10.6. The smallest absolute Gasteiger partial charge is 0.252 e. The highest BCUT2D eigenvalue weighted by Crippen LogP contribution is 2.27. The molecule has 0 atom stereocenters. The van der Waals surface area contributed by atoms with Crippen molar-refractivity contribution in [3.05, 3.63) is 59.2 Å². The quantitative estimate of drug-likeness (QED) is 0.828. The predicted molar refractivity (Wildman–Crippen MR) is 84.2 cm³/mol. The van der Waals surface area contributed by atoms with Crippen LogP contribution in [0.1, 0.15) is 41.3 Å². The lowest BCUT2D eigenvalue weighted by molar-refractivity contribution is 0.0996. The summed E-state index contributed by atoms with van der Waals surface area (Å²) in [5.41, 5.74) is 14.2. The molecule has 0 spiro atoms. The van der Waals surface area contributed by atoms with E-state index in [4.69, 9.17) is 16.2 Å². The van der Waals surface area contributed by atoms with E-state index in [1.54, 1.807) is 18.2 Å². The minimum absolute atomic E-state index is 0.300. The maximum Gasteiger partial charge on any atom is 0.252 e. The van der Waals surface area contributed by atoms with Crippen molar-refractivity contribution < 1.29 is 9.53 Å². The number of benzene rings is 2. The zero-order valence-corrected chi connectivity index (χ0v) is 12.3. The van der Waals surface area contributed by atoms with E-state index >= 15 is 0 Å². The second kappa shape index (κ2) is 6.31. The fraction of sp³-hybridized carbons (Fsp3) is 0.235. The Balaban J connectivity index is 2.15. The number of ether oxygens (including phenoxy) is 1. The molecule has 0 aliphatic rings. The van der Waals surface area contributed by atoms with Gasteiger partial charge in [-0.2, -0.15) is 0 Å². The molecule has 4 heteroatoms. The van der Waals surface area contributed by atoms with Gasteiger partial charge < -0.3 is 16.2 Å². The Morgan fingerprint density at radius 1 is 1.14 bits per heavy atom. The van der Waals surface area contributed by atoms with Gasteiger partial charge in [0.2, 0.25) is 0 Å². The maximum absolute atomic E-state index is 11.4. The van der Waals surface area contributed by atoms with E-state index in [1.807, 2.05) is 12.1 Å². The van der Waals surface area contributed by atoms with Crippen LogP contribution in [0.5, 0.6) is 5.75 Å². The lowest BCUT2D eigenvalue weighted by Gasteiger charge is -2.13. The minimum Gasteiger partial charge on any atom is -0.486 e. The van der Waals surface area contributed by atoms with Crippen molar-refractivity contribution in [2.24, 2.45) is 5.73 Å². The summed E-state index contributed by atoms with van der Waals surface area (Å²) in [7, 11) is 0. The summed E-state index contributed by atoms with van der Waals surface area (Å²) in [6.07, 6.45) is 0. The van der Waals surface area contributed by atoms with E-state index in [-0.39, 0.29) is 0 Å². The summed E-state index contributed by atoms with van der Waals surface area (Å²) < 4.78 is 5.69. The van der Waals surface area contributed by atoms with Crippen molar-refractivity contribution in [1.82, 2.24) is 0 Å². The van der Waals surface area contributed by atoms with Gasteiger partial charge in [-0.25, -0.2) is 0 Å². The fourth-order valence-corrected chi connectivity index (χ4v) is 2.06. The van der Waals surface area contributed by atoms with E-state index in [9.17, 15) is 4.79 Å². The summed E-state index contributed by atoms with van der Waals surface area (Å²) >= 11 is 0. The number of rotatable bonds is 5. The van der Waals surface area contributed by atoms with Gasteiger partial charge in [-0.1, -0.05) is 44.2 Å². The first kappa shape index (κ1) is 14.9. The van der Waals surface area contributed by atoms with Crippen LogP contribution in [0, 0.1) is 0 Å². The van der Waals surface area contributed by atoms with Crippen LogP contribution in [-0.2, 0) is 6.61 Å². The average molecular weight is 284 g/mol. The van der Waals surface area contributed by atoms with Crippen molar-refractivity contribution in [2.75, 3.05) is 5.73 Å². The molecule has 4 nitrogen and oxygen atoms in total. The molecule has 2 aromatic carbocycles. The lowest BCUT2D eigenvalue weighted by atomic mass is 10.0. The topological polar surface area (TPSA) is 78.3 Å². The number of hydrogen-bond donors (Lipinski definition) is 2. The molecule has 0 aromatic heterocycles. The number of primary amides is 1. The summed E-state index contributed by atoms with van der Waals surface area (Å²) in [4.78, 5) is 11.4. The first-order chi connectivity index (χ1) is 9.99. The van der Waals surface area contributed by atoms with Crippen LogP contribution in [0.4, 0.5) is 5.69 Å². The number of nitrogen functional groups attached to an aromatic ring is 1. The van der Waals surface area contributed by atoms with Crippen molar-refractivity contribution in [2.45, 2.75) is 26.4 Å². The first-order valence-corrected chi connectivity index (χ1v) is 6.89. The number of carbonyl (C=O) groups excluding carboxylic acids is 1. The summed E-state index contributed by atoms with van der Waals surface area (Å²) in [5, 5.41) is 0. The molecular formula is C17H20N2O2. The minimum atomic E-state index is -0.549. The summed E-state index contributed by atoms with van der Waals surface area (Å²) in [6, 6.07) is 13.1. The molecule has 0 bridgehead atoms. The summed E-state index contributed by atoms with van der Waals surface area (Å²) in [5.74, 6) is 0.289. The number of carbonyl (C=O) groups is 1. The van der Waals surface area contributed by atoms with Gasteiger partial charge in [0.25, 0.3) is 5.91 Å². The van der Waals surface area contributed by atoms with Crippen LogP contribution in [0.3, 0.4) is 0 Å². The van der Waals surface area contributed by atoms with E-state index in [2.05, 4.69) is 26.0 Å². The van der Waals surface area contributed by atoms with Gasteiger partial charge in [0.1, 0.15) is 6.61 Å². The van der Waals surface area contributed by atoms with Crippen molar-refractivity contribution in [1.29, 1.82) is 0 Å². The lowest BCUT2D eigenvalue weighted by Crippen LogP contribution is -2.14. The SMILES string of the molecule is CC(C)c1ccc(COc2c(N)cccc2C(N)=O)cc1. The fourth-order valence-electron chi connectivity index (χ4n) is 2.06. The van der Waals surface area contributed by atoms with Gasteiger partial charge in [-0.15, -0.1) is 0 Å². The average Bonchev–Trinajstić information content (AvgIpc) is 2.46. The highest BCUT2D eigenvalue weighted by atomic mass is 16.5. The number of amides is 1. The number of para-hydroxylation sites is 1. The molecule has 1 amide bonds.